The van der Waals surface area contributed by atoms with Gasteiger partial charge >= 0.3 is 18.0 Å². The number of carbonyl (C=O) groups excluding carboxylic acids is 5. The fraction of sp³-hybridized carbons (Fsp3) is 0.833. The molecule has 6 N–H and O–H groups in total. The third-order valence-electron chi connectivity index (χ3n) is 25.4. The van der Waals surface area contributed by atoms with Gasteiger partial charge in [0.15, 0.2) is 30.3 Å². The van der Waals surface area contributed by atoms with Crippen molar-refractivity contribution in [3.05, 3.63) is 37.1 Å². The number of hydrogen-bond acceptors (Lipinski definition) is 30. The van der Waals surface area contributed by atoms with Gasteiger partial charge < -0.3 is 116 Å². The molecule has 2 aromatic heterocycles. The number of ether oxygens (including phenoxy) is 13. The number of esters is 2. The maximum absolute atomic E-state index is 14.7. The van der Waals surface area contributed by atoms with Gasteiger partial charge in [0, 0.05) is 113 Å². The van der Waals surface area contributed by atoms with E-state index >= 15 is 0 Å². The third kappa shape index (κ3) is 22.9. The number of hydrogen-bond donors (Lipinski definition) is 6. The summed E-state index contributed by atoms with van der Waals surface area (Å²) >= 11 is 0. The molecule has 0 unspecified atom stereocenters. The summed E-state index contributed by atoms with van der Waals surface area (Å²) in [7, 11) is 12.0. The van der Waals surface area contributed by atoms with E-state index in [1.54, 1.807) is 107 Å². The van der Waals surface area contributed by atoms with Crippen molar-refractivity contribution in [3.8, 4) is 11.3 Å². The first kappa shape index (κ1) is 97.8. The topological polar surface area (TPSA) is 389 Å². The number of imidazole rings is 1. The minimum atomic E-state index is -1.97. The Hall–Kier alpha value is -5.34. The van der Waals surface area contributed by atoms with Crippen molar-refractivity contribution in [1.82, 2.24) is 29.2 Å². The van der Waals surface area contributed by atoms with E-state index < -0.39 is 185 Å². The second-order valence-corrected chi connectivity index (χ2v) is 35.1. The molecule has 0 spiro atoms. The number of aromatic nitrogens is 3. The van der Waals surface area contributed by atoms with Crippen molar-refractivity contribution in [3.63, 3.8) is 0 Å². The molecule has 2 aromatic rings. The Kier molecular flexibility index (Phi) is 35.4. The van der Waals surface area contributed by atoms with E-state index in [1.807, 2.05) is 95.5 Å². The van der Waals surface area contributed by atoms with Crippen molar-refractivity contribution in [1.29, 1.82) is 0 Å². The molecule has 0 saturated carbocycles. The number of oxime groups is 1. The number of aryl methyl sites for hydroxylation is 1. The highest BCUT2D eigenvalue weighted by Gasteiger charge is 2.61. The van der Waals surface area contributed by atoms with Crippen LogP contribution < -0.4 is 0 Å². The first-order chi connectivity index (χ1) is 54.3. The molecule has 32 heteroatoms. The van der Waals surface area contributed by atoms with E-state index in [2.05, 4.69) is 15.1 Å². The molecule has 0 aromatic carbocycles. The zero-order valence-electron chi connectivity index (χ0n) is 73.4. The number of carbonyl (C=O) groups is 5. The number of aliphatic hydroxyl groups excluding tert-OH is 4. The Morgan fingerprint density at radius 3 is 1.79 bits per heavy atom. The van der Waals surface area contributed by atoms with Crippen LogP contribution >= 0.6 is 0 Å². The Morgan fingerprint density at radius 2 is 1.23 bits per heavy atom. The number of nitrogens with zero attached hydrogens (tertiary/aromatic N) is 7. The lowest BCUT2D eigenvalue weighted by molar-refractivity contribution is -0.317. The number of pyridine rings is 1. The molecule has 0 bridgehead atoms. The number of rotatable bonds is 24. The molecule has 116 heavy (non-hydrogen) atoms. The lowest BCUT2D eigenvalue weighted by Gasteiger charge is -2.49. The Balaban J connectivity index is 0.000000321. The van der Waals surface area contributed by atoms with Crippen molar-refractivity contribution in [2.45, 2.75) is 327 Å². The smallest absolute Gasteiger partial charge is 0.410 e. The van der Waals surface area contributed by atoms with Crippen molar-refractivity contribution < 1.29 is 121 Å². The van der Waals surface area contributed by atoms with E-state index in [4.69, 9.17) is 66.4 Å². The van der Waals surface area contributed by atoms with Crippen molar-refractivity contribution >= 4 is 35.3 Å². The number of ketones is 2. The van der Waals surface area contributed by atoms with Crippen molar-refractivity contribution in [2.75, 3.05) is 76.1 Å². The van der Waals surface area contributed by atoms with Gasteiger partial charge in [0.1, 0.15) is 47.8 Å². The Bertz CT molecular complexity index is 3480. The van der Waals surface area contributed by atoms with Gasteiger partial charge in [-0.2, -0.15) is 0 Å². The number of cyclic esters (lactones) is 2. The van der Waals surface area contributed by atoms with Crippen LogP contribution in [0, 0.1) is 47.3 Å². The SMILES string of the molecule is CC[C@H]1OC(=O)[C@H](C)C(=O)[C@H](C)[C@@H](O[C@@H]2O[C@H](C)C[C@H](N(C)C)[C@H]2O)[C@](C)(OC)C[C@@H](C)C(=O)[C@H](C)[C@H]2N(CCCCn3cnc(-c4cccnc4)c3)C(=O)O[C@]12C.CC[C@H]1OC(=O)[C@H](C)[C@@H](O[C@H]2C[C@@](C)(OC)[C@@H](O)[C@H](C)O2)[C@H](C)[C@@H](O[C@@H]2O[C@H](C)C[C@H](N(C)C)[C@H]2O)[C@](C)(O)C[C@@H](C)/C(=N\OCOCCOC)[C@H](C)[C@@H](O)[C@]1(C)O. The highest BCUT2D eigenvalue weighted by atomic mass is 16.7. The summed E-state index contributed by atoms with van der Waals surface area (Å²) in [6.45, 7) is 32.2. The van der Waals surface area contributed by atoms with Crippen LogP contribution in [0.15, 0.2) is 42.2 Å². The summed E-state index contributed by atoms with van der Waals surface area (Å²) < 4.78 is 81.3. The molecule has 662 valence electrons. The van der Waals surface area contributed by atoms with Gasteiger partial charge in [-0.25, -0.2) is 9.78 Å². The predicted octanol–water partition coefficient (Wildman–Crippen LogP) is 7.14. The van der Waals surface area contributed by atoms with Gasteiger partial charge in [-0.1, -0.05) is 60.5 Å². The summed E-state index contributed by atoms with van der Waals surface area (Å²) in [5.74, 6) is -9.09. The average Bonchev–Trinajstić information content (AvgIpc) is 1.55. The number of aliphatic hydroxyl groups is 6. The Morgan fingerprint density at radius 1 is 0.647 bits per heavy atom. The molecule has 8 heterocycles. The van der Waals surface area contributed by atoms with Crippen LogP contribution in [0.4, 0.5) is 4.79 Å². The highest BCUT2D eigenvalue weighted by Crippen LogP contribution is 2.46. The standard InChI is InChI=1S/C43H65N5O10.C41H76N2O15/c1-12-33-43(8)37(48(41(53)58-43)19-14-13-18-47-23-31(45-24-47)30-16-15-17-44-22-30)27(4)34(49)25(2)21-42(7,54-11)38(28(5)35(50)29(6)39(52)56-33)57-40-36(51)32(46(9)10)20-26(3)55-40;1-15-29-41(10,49)34(45)24(4)31(42-53-21-52-17-16-50-13)22(2)19-39(8,48)36(58-38-32(44)28(43(11)12)18-23(3)54-38)25(5)33(26(6)37(47)56-29)57-30-20-40(9,51-14)35(46)27(7)55-30/h15-17,22-29,32-33,36-38,40,51H,12-14,18-21H2,1-11H3;22-30,32-36,38,44-46,48-49H,15-21H2,1-14H3/b;42-31+/t25-,26-,27+,28+,29-,32+,33-,36-,37-,38-,40+,42-,43-;22-,23-,24+,25+,26-,27+,28+,29-,30+,32-,33+,34-,35+,36-,38+,39-,40-,41-/m11/s1. The van der Waals surface area contributed by atoms with E-state index in [-0.39, 0.29) is 75.6 Å². The Labute approximate surface area is 686 Å². The summed E-state index contributed by atoms with van der Waals surface area (Å²) in [5, 5.41) is 75.0. The first-order valence-electron chi connectivity index (χ1n) is 41.5. The van der Waals surface area contributed by atoms with Crippen LogP contribution in [-0.2, 0) is 92.1 Å². The summed E-state index contributed by atoms with van der Waals surface area (Å²) in [6, 6.07) is 2.42. The molecule has 8 rings (SSSR count). The molecule has 0 aliphatic carbocycles. The van der Waals surface area contributed by atoms with Gasteiger partial charge in [-0.3, -0.25) is 24.2 Å². The van der Waals surface area contributed by atoms with Gasteiger partial charge in [0.05, 0.1) is 102 Å². The molecule has 6 saturated heterocycles. The zero-order valence-corrected chi connectivity index (χ0v) is 73.4. The normalized spacial score (nSPS) is 41.3. The largest absolute Gasteiger partial charge is 0.459 e. The number of amides is 1. The number of methoxy groups -OCH3 is 3. The molecule has 0 radical (unpaired) electrons. The quantitative estimate of drug-likeness (QED) is 0.0152. The number of fused-ring (bicyclic) bond motifs is 1. The van der Waals surface area contributed by atoms with E-state index in [0.29, 0.717) is 51.1 Å². The van der Waals surface area contributed by atoms with Crippen LogP contribution in [0.1, 0.15) is 182 Å². The molecule has 6 aliphatic rings. The van der Waals surface area contributed by atoms with E-state index in [1.165, 1.54) is 28.1 Å². The summed E-state index contributed by atoms with van der Waals surface area (Å²) in [6.07, 6.45) is -5.04. The predicted molar refractivity (Wildman–Crippen MR) is 427 cm³/mol. The van der Waals surface area contributed by atoms with Crippen LogP contribution in [0.25, 0.3) is 11.3 Å². The third-order valence-corrected chi connectivity index (χ3v) is 25.4. The van der Waals surface area contributed by atoms with Gasteiger partial charge in [0.25, 0.3) is 0 Å². The molecule has 32 nitrogen and oxygen atoms in total. The van der Waals surface area contributed by atoms with Gasteiger partial charge in [0.2, 0.25) is 6.79 Å². The fourth-order valence-corrected chi connectivity index (χ4v) is 18.4. The highest BCUT2D eigenvalue weighted by molar-refractivity contribution is 6.00. The van der Waals surface area contributed by atoms with Crippen molar-refractivity contribution in [2.24, 2.45) is 52.5 Å². The zero-order chi connectivity index (χ0) is 86.6. The average molecular weight is 1650 g/mol. The van der Waals surface area contributed by atoms with Gasteiger partial charge in [-0.05, 0) is 161 Å². The second kappa shape index (κ2) is 42.0. The molecule has 1 amide bonds. The van der Waals surface area contributed by atoms with Crippen LogP contribution in [0.2, 0.25) is 0 Å². The number of unbranched alkanes of at least 4 members (excludes halogenated alkanes) is 1. The molecular weight excluding hydrogens is 1510 g/mol. The maximum Gasteiger partial charge on any atom is 0.410 e. The summed E-state index contributed by atoms with van der Waals surface area (Å²) in [5.41, 5.74) is -5.43. The van der Waals surface area contributed by atoms with E-state index in [9.17, 15) is 54.6 Å². The number of likely N-dealkylation sites (N-methyl/N-ethyl adjacent to an activating group) is 2. The van der Waals surface area contributed by atoms with E-state index in [0.717, 1.165) is 11.3 Å². The lowest BCUT2D eigenvalue weighted by Crippen LogP contribution is -2.61. The van der Waals surface area contributed by atoms with Crippen LogP contribution in [0.3, 0.4) is 0 Å². The molecular formula is C84H141N7O25. The minimum Gasteiger partial charge on any atom is -0.459 e. The first-order valence-corrected chi connectivity index (χ1v) is 41.5. The van der Waals surface area contributed by atoms with Crippen LogP contribution in [0.5, 0.6) is 0 Å². The molecule has 6 aliphatic heterocycles. The monoisotopic (exact) mass is 1650 g/mol. The minimum absolute atomic E-state index is 0.0307. The lowest BCUT2D eigenvalue weighted by atomic mass is 9.73. The number of Topliss-reactive ketones (excluding diaryl/α,β-unsaturated/α-hetero) is 2. The maximum atomic E-state index is 14.7. The fourth-order valence-electron chi connectivity index (χ4n) is 18.4. The summed E-state index contributed by atoms with van der Waals surface area (Å²) in [4.78, 5) is 90.8. The molecule has 6 fully saturated rings. The van der Waals surface area contributed by atoms with Crippen LogP contribution in [-0.4, -0.2) is 310 Å². The van der Waals surface area contributed by atoms with Gasteiger partial charge in [-0.15, -0.1) is 0 Å². The molecule has 31 atom stereocenters. The second-order valence-electron chi connectivity index (χ2n) is 35.1.